The van der Waals surface area contributed by atoms with E-state index < -0.39 is 5.97 Å². The molecule has 0 amide bonds. The molecule has 74 valence electrons. The summed E-state index contributed by atoms with van der Waals surface area (Å²) in [5, 5.41) is 8.84. The van der Waals surface area contributed by atoms with Crippen molar-refractivity contribution in [1.29, 1.82) is 0 Å². The van der Waals surface area contributed by atoms with Gasteiger partial charge in [-0.15, -0.1) is 0 Å². The Labute approximate surface area is 79.0 Å². The van der Waals surface area contributed by atoms with E-state index in [0.29, 0.717) is 17.9 Å². The number of carbonyl (C=O) groups is 1. The molecule has 1 atom stereocenters. The molecule has 0 spiro atoms. The molecule has 3 heteroatoms. The number of rotatable bonds is 2. The lowest BCUT2D eigenvalue weighted by atomic mass is 9.95. The number of aliphatic carboxylic acids is 1. The van der Waals surface area contributed by atoms with Crippen LogP contribution < -0.4 is 0 Å². The Kier molecular flexibility index (Phi) is 3.09. The molecule has 0 aromatic rings. The lowest BCUT2D eigenvalue weighted by Gasteiger charge is -2.32. The maximum absolute atomic E-state index is 10.7. The minimum absolute atomic E-state index is 0.278. The van der Waals surface area contributed by atoms with Crippen LogP contribution in [-0.4, -0.2) is 35.6 Å². The molecule has 1 N–H and O–H groups in total. The normalized spacial score (nSPS) is 24.6. The summed E-state index contributed by atoms with van der Waals surface area (Å²) in [6.07, 6.45) is 2.55. The van der Waals surface area contributed by atoms with Crippen LogP contribution in [0.3, 0.4) is 0 Å². The van der Waals surface area contributed by atoms with Crippen LogP contribution in [0.4, 0.5) is 0 Å². The Balaban J connectivity index is 2.81. The second-order valence-corrected chi connectivity index (χ2v) is 3.96. The second-order valence-electron chi connectivity index (χ2n) is 3.96. The third kappa shape index (κ3) is 2.31. The van der Waals surface area contributed by atoms with E-state index in [4.69, 9.17) is 5.11 Å². The Morgan fingerprint density at radius 1 is 1.69 bits per heavy atom. The molecule has 1 aliphatic rings. The first-order valence-corrected chi connectivity index (χ1v) is 4.66. The van der Waals surface area contributed by atoms with Crippen LogP contribution in [0.1, 0.15) is 20.3 Å². The van der Waals surface area contributed by atoms with Crippen LogP contribution in [0.15, 0.2) is 11.6 Å². The highest BCUT2D eigenvalue weighted by atomic mass is 16.4. The van der Waals surface area contributed by atoms with Crippen molar-refractivity contribution < 1.29 is 9.90 Å². The molecule has 1 unspecified atom stereocenters. The Bertz CT molecular complexity index is 233. The molecular weight excluding hydrogens is 166 g/mol. The van der Waals surface area contributed by atoms with Crippen molar-refractivity contribution in [2.24, 2.45) is 5.92 Å². The molecule has 0 bridgehead atoms. The topological polar surface area (TPSA) is 40.5 Å². The molecule has 0 fully saturated rings. The van der Waals surface area contributed by atoms with Gasteiger partial charge in [0, 0.05) is 18.2 Å². The summed E-state index contributed by atoms with van der Waals surface area (Å²) in [5.41, 5.74) is 0.566. The van der Waals surface area contributed by atoms with Crippen molar-refractivity contribution in [3.63, 3.8) is 0 Å². The summed E-state index contributed by atoms with van der Waals surface area (Å²) in [4.78, 5) is 12.9. The predicted octanol–water partition coefficient (Wildman–Crippen LogP) is 1.36. The highest BCUT2D eigenvalue weighted by Crippen LogP contribution is 2.20. The van der Waals surface area contributed by atoms with Crippen LogP contribution in [0.2, 0.25) is 0 Å². The average molecular weight is 183 g/mol. The summed E-state index contributed by atoms with van der Waals surface area (Å²) in [6, 6.07) is 0.278. The van der Waals surface area contributed by atoms with Gasteiger partial charge in [-0.05, 0) is 19.4 Å². The number of carboxylic acids is 1. The molecule has 3 nitrogen and oxygen atoms in total. The number of hydrogen-bond acceptors (Lipinski definition) is 2. The van der Waals surface area contributed by atoms with E-state index in [0.717, 1.165) is 6.54 Å². The Morgan fingerprint density at radius 3 is 2.77 bits per heavy atom. The van der Waals surface area contributed by atoms with E-state index in [1.165, 1.54) is 0 Å². The molecule has 1 rings (SSSR count). The largest absolute Gasteiger partial charge is 0.478 e. The van der Waals surface area contributed by atoms with Crippen LogP contribution >= 0.6 is 0 Å². The predicted molar refractivity (Wildman–Crippen MR) is 51.6 cm³/mol. The van der Waals surface area contributed by atoms with Gasteiger partial charge >= 0.3 is 5.97 Å². The fourth-order valence-corrected chi connectivity index (χ4v) is 1.74. The third-order valence-electron chi connectivity index (χ3n) is 2.57. The number of likely N-dealkylation sites (N-methyl/N-ethyl adjacent to an activating group) is 1. The molecule has 1 aliphatic heterocycles. The zero-order valence-corrected chi connectivity index (χ0v) is 8.45. The van der Waals surface area contributed by atoms with E-state index in [9.17, 15) is 4.79 Å². The summed E-state index contributed by atoms with van der Waals surface area (Å²) >= 11 is 0. The van der Waals surface area contributed by atoms with Gasteiger partial charge in [0.15, 0.2) is 0 Å². The summed E-state index contributed by atoms with van der Waals surface area (Å²) in [6.45, 7) is 5.08. The standard InChI is InChI=1S/C10H17NO2/c1-7(2)9-6-8(10(12)13)4-5-11(9)3/h6-7,9H,4-5H2,1-3H3,(H,12,13). The first kappa shape index (κ1) is 10.3. The molecule has 0 saturated heterocycles. The van der Waals surface area contributed by atoms with Gasteiger partial charge < -0.3 is 5.11 Å². The smallest absolute Gasteiger partial charge is 0.331 e. The van der Waals surface area contributed by atoms with Crippen LogP contribution in [-0.2, 0) is 4.79 Å². The quantitative estimate of drug-likeness (QED) is 0.702. The minimum Gasteiger partial charge on any atom is -0.478 e. The van der Waals surface area contributed by atoms with Crippen molar-refractivity contribution in [1.82, 2.24) is 4.90 Å². The number of nitrogens with zero attached hydrogens (tertiary/aromatic N) is 1. The second kappa shape index (κ2) is 3.92. The van der Waals surface area contributed by atoms with Crippen molar-refractivity contribution in [2.45, 2.75) is 26.3 Å². The Morgan fingerprint density at radius 2 is 2.31 bits per heavy atom. The Hall–Kier alpha value is -0.830. The van der Waals surface area contributed by atoms with Gasteiger partial charge in [-0.3, -0.25) is 4.90 Å². The molecule has 1 heterocycles. The fraction of sp³-hybridized carbons (Fsp3) is 0.700. The fourth-order valence-electron chi connectivity index (χ4n) is 1.74. The first-order chi connectivity index (χ1) is 6.02. The van der Waals surface area contributed by atoms with Gasteiger partial charge in [-0.2, -0.15) is 0 Å². The van der Waals surface area contributed by atoms with E-state index in [1.807, 2.05) is 13.1 Å². The van der Waals surface area contributed by atoms with Crippen molar-refractivity contribution in [3.05, 3.63) is 11.6 Å². The highest BCUT2D eigenvalue weighted by molar-refractivity contribution is 5.86. The number of hydrogen-bond donors (Lipinski definition) is 1. The SMILES string of the molecule is CC(C)C1C=C(C(=O)O)CCN1C. The number of carboxylic acid groups (broad SMARTS) is 1. The van der Waals surface area contributed by atoms with Gasteiger partial charge in [0.1, 0.15) is 0 Å². The molecular formula is C10H17NO2. The van der Waals surface area contributed by atoms with Gasteiger partial charge in [0.2, 0.25) is 0 Å². The molecule has 0 aliphatic carbocycles. The van der Waals surface area contributed by atoms with E-state index >= 15 is 0 Å². The summed E-state index contributed by atoms with van der Waals surface area (Å²) in [7, 11) is 2.04. The van der Waals surface area contributed by atoms with E-state index in [2.05, 4.69) is 18.7 Å². The van der Waals surface area contributed by atoms with Crippen LogP contribution in [0, 0.1) is 5.92 Å². The molecule has 0 aromatic heterocycles. The summed E-state index contributed by atoms with van der Waals surface area (Å²) < 4.78 is 0. The average Bonchev–Trinajstić information content (AvgIpc) is 2.04. The van der Waals surface area contributed by atoms with Gasteiger partial charge in [-0.1, -0.05) is 19.9 Å². The lowest BCUT2D eigenvalue weighted by molar-refractivity contribution is -0.133. The zero-order valence-electron chi connectivity index (χ0n) is 8.45. The lowest BCUT2D eigenvalue weighted by Crippen LogP contribution is -2.39. The molecule has 0 aromatic carbocycles. The monoisotopic (exact) mass is 183 g/mol. The van der Waals surface area contributed by atoms with Crippen molar-refractivity contribution >= 4 is 5.97 Å². The van der Waals surface area contributed by atoms with Gasteiger partial charge in [0.05, 0.1) is 0 Å². The van der Waals surface area contributed by atoms with E-state index in [1.54, 1.807) is 0 Å². The molecule has 13 heavy (non-hydrogen) atoms. The van der Waals surface area contributed by atoms with E-state index in [-0.39, 0.29) is 6.04 Å². The first-order valence-electron chi connectivity index (χ1n) is 4.66. The van der Waals surface area contributed by atoms with Crippen molar-refractivity contribution in [3.8, 4) is 0 Å². The third-order valence-corrected chi connectivity index (χ3v) is 2.57. The maximum atomic E-state index is 10.7. The van der Waals surface area contributed by atoms with Gasteiger partial charge in [-0.25, -0.2) is 4.79 Å². The van der Waals surface area contributed by atoms with Gasteiger partial charge in [0.25, 0.3) is 0 Å². The van der Waals surface area contributed by atoms with Crippen molar-refractivity contribution in [2.75, 3.05) is 13.6 Å². The van der Waals surface area contributed by atoms with Crippen LogP contribution in [0.5, 0.6) is 0 Å². The maximum Gasteiger partial charge on any atom is 0.331 e. The zero-order chi connectivity index (χ0) is 10.0. The summed E-state index contributed by atoms with van der Waals surface area (Å²) in [5.74, 6) is -0.293. The highest BCUT2D eigenvalue weighted by Gasteiger charge is 2.23. The molecule has 0 saturated carbocycles. The molecule has 0 radical (unpaired) electrons. The minimum atomic E-state index is -0.765. The van der Waals surface area contributed by atoms with Crippen LogP contribution in [0.25, 0.3) is 0 Å².